The summed E-state index contributed by atoms with van der Waals surface area (Å²) in [5.74, 6) is 0.648. The molecule has 0 aliphatic carbocycles. The predicted octanol–water partition coefficient (Wildman–Crippen LogP) is 3.65. The Kier molecular flexibility index (Phi) is 5.05. The average Bonchev–Trinajstić information content (AvgIpc) is 3.09. The number of methoxy groups -OCH3 is 1. The molecule has 130 valence electrons. The summed E-state index contributed by atoms with van der Waals surface area (Å²) >= 11 is 0. The molecular formula is C20H22N2O3. The van der Waals surface area contributed by atoms with Crippen molar-refractivity contribution in [2.45, 2.75) is 19.5 Å². The molecule has 3 aromatic rings. The van der Waals surface area contributed by atoms with E-state index in [0.29, 0.717) is 17.9 Å². The normalized spacial score (nSPS) is 12.1. The maximum Gasteiger partial charge on any atom is 0.287 e. The Labute approximate surface area is 147 Å². The number of amides is 1. The van der Waals surface area contributed by atoms with Crippen molar-refractivity contribution >= 4 is 16.9 Å². The van der Waals surface area contributed by atoms with E-state index in [1.807, 2.05) is 56.4 Å². The Morgan fingerprint density at radius 3 is 2.64 bits per heavy atom. The summed E-state index contributed by atoms with van der Waals surface area (Å²) in [5, 5.41) is 6.98. The summed E-state index contributed by atoms with van der Waals surface area (Å²) in [6, 6.07) is 15.3. The number of carbonyl (C=O) groups is 1. The van der Waals surface area contributed by atoms with Gasteiger partial charge in [-0.25, -0.2) is 0 Å². The zero-order valence-corrected chi connectivity index (χ0v) is 14.6. The van der Waals surface area contributed by atoms with Gasteiger partial charge in [0.25, 0.3) is 5.91 Å². The number of hydrogen-bond acceptors (Lipinski definition) is 4. The van der Waals surface area contributed by atoms with Crippen LogP contribution in [-0.2, 0) is 6.54 Å². The van der Waals surface area contributed by atoms with Gasteiger partial charge < -0.3 is 19.8 Å². The number of rotatable bonds is 6. The zero-order chi connectivity index (χ0) is 17.8. The highest BCUT2D eigenvalue weighted by molar-refractivity contribution is 5.98. The molecule has 25 heavy (non-hydrogen) atoms. The molecule has 0 unspecified atom stereocenters. The van der Waals surface area contributed by atoms with E-state index in [0.717, 1.165) is 16.5 Å². The standard InChI is InChI=1S/C20H22N2O3/c1-13(14-7-5-4-6-8-14)22-20(23)18-11-16-15(12-21-2)9-10-17(24-3)19(16)25-18/h4-11,13,21H,12H2,1-3H3,(H,22,23)/t13-/m0/s1. The Bertz CT molecular complexity index is 871. The molecule has 0 fully saturated rings. The molecule has 1 heterocycles. The van der Waals surface area contributed by atoms with Crippen molar-refractivity contribution in [1.82, 2.24) is 10.6 Å². The summed E-state index contributed by atoms with van der Waals surface area (Å²) in [6.07, 6.45) is 0. The number of fused-ring (bicyclic) bond motifs is 1. The molecule has 2 aromatic carbocycles. The summed E-state index contributed by atoms with van der Waals surface area (Å²) in [6.45, 7) is 2.63. The van der Waals surface area contributed by atoms with Crippen LogP contribution in [0.1, 0.15) is 34.6 Å². The first-order valence-electron chi connectivity index (χ1n) is 8.24. The maximum absolute atomic E-state index is 12.6. The van der Waals surface area contributed by atoms with Crippen molar-refractivity contribution in [1.29, 1.82) is 0 Å². The van der Waals surface area contributed by atoms with Crippen LogP contribution in [0.2, 0.25) is 0 Å². The van der Waals surface area contributed by atoms with Crippen LogP contribution < -0.4 is 15.4 Å². The SMILES string of the molecule is CNCc1ccc(OC)c2oc(C(=O)N[C@@H](C)c3ccccc3)cc12. The molecule has 5 heteroatoms. The molecular weight excluding hydrogens is 316 g/mol. The van der Waals surface area contributed by atoms with Crippen molar-refractivity contribution in [3.63, 3.8) is 0 Å². The fourth-order valence-electron chi connectivity index (χ4n) is 2.86. The third kappa shape index (κ3) is 3.51. The van der Waals surface area contributed by atoms with E-state index in [1.54, 1.807) is 13.2 Å². The topological polar surface area (TPSA) is 63.5 Å². The fraction of sp³-hybridized carbons (Fsp3) is 0.250. The molecule has 0 aliphatic heterocycles. The van der Waals surface area contributed by atoms with Gasteiger partial charge in [-0.2, -0.15) is 0 Å². The van der Waals surface area contributed by atoms with Crippen molar-refractivity contribution < 1.29 is 13.9 Å². The number of benzene rings is 2. The van der Waals surface area contributed by atoms with Crippen LogP contribution in [-0.4, -0.2) is 20.1 Å². The molecule has 1 atom stereocenters. The van der Waals surface area contributed by atoms with Crippen molar-refractivity contribution in [3.8, 4) is 5.75 Å². The minimum absolute atomic E-state index is 0.111. The van der Waals surface area contributed by atoms with Crippen molar-refractivity contribution in [2.75, 3.05) is 14.2 Å². The van der Waals surface area contributed by atoms with Crippen molar-refractivity contribution in [3.05, 3.63) is 65.4 Å². The van der Waals surface area contributed by atoms with E-state index >= 15 is 0 Å². The maximum atomic E-state index is 12.6. The van der Waals surface area contributed by atoms with Crippen LogP contribution in [0.4, 0.5) is 0 Å². The molecule has 2 N–H and O–H groups in total. The van der Waals surface area contributed by atoms with Gasteiger partial charge in [0.05, 0.1) is 13.2 Å². The van der Waals surface area contributed by atoms with Gasteiger partial charge in [0.15, 0.2) is 17.1 Å². The summed E-state index contributed by atoms with van der Waals surface area (Å²) in [4.78, 5) is 12.6. The molecule has 0 spiro atoms. The Hall–Kier alpha value is -2.79. The van der Waals surface area contributed by atoms with Crippen LogP contribution >= 0.6 is 0 Å². The molecule has 0 bridgehead atoms. The van der Waals surface area contributed by atoms with E-state index in [-0.39, 0.29) is 17.7 Å². The lowest BCUT2D eigenvalue weighted by Crippen LogP contribution is -2.26. The van der Waals surface area contributed by atoms with Gasteiger partial charge in [0.1, 0.15) is 0 Å². The lowest BCUT2D eigenvalue weighted by molar-refractivity contribution is 0.0914. The summed E-state index contributed by atoms with van der Waals surface area (Å²) in [5.41, 5.74) is 2.69. The van der Waals surface area contributed by atoms with Gasteiger partial charge in [-0.15, -0.1) is 0 Å². The monoisotopic (exact) mass is 338 g/mol. The molecule has 1 amide bonds. The molecule has 0 radical (unpaired) electrons. The van der Waals surface area contributed by atoms with Crippen LogP contribution in [0.5, 0.6) is 5.75 Å². The quantitative estimate of drug-likeness (QED) is 0.720. The van der Waals surface area contributed by atoms with Crippen LogP contribution in [0.25, 0.3) is 11.0 Å². The molecule has 0 saturated carbocycles. The number of nitrogens with one attached hydrogen (secondary N) is 2. The zero-order valence-electron chi connectivity index (χ0n) is 14.6. The summed E-state index contributed by atoms with van der Waals surface area (Å²) < 4.78 is 11.2. The number of furan rings is 1. The molecule has 3 rings (SSSR count). The molecule has 1 aromatic heterocycles. The highest BCUT2D eigenvalue weighted by Crippen LogP contribution is 2.31. The Morgan fingerprint density at radius 2 is 1.96 bits per heavy atom. The average molecular weight is 338 g/mol. The fourth-order valence-corrected chi connectivity index (χ4v) is 2.86. The first kappa shape index (κ1) is 17.0. The van der Waals surface area contributed by atoms with E-state index in [1.165, 1.54) is 0 Å². The number of ether oxygens (including phenoxy) is 1. The van der Waals surface area contributed by atoms with Crippen molar-refractivity contribution in [2.24, 2.45) is 0 Å². The summed E-state index contributed by atoms with van der Waals surface area (Å²) in [7, 11) is 3.47. The highest BCUT2D eigenvalue weighted by Gasteiger charge is 2.19. The Balaban J connectivity index is 1.90. The minimum atomic E-state index is -0.245. The van der Waals surface area contributed by atoms with E-state index in [2.05, 4.69) is 10.6 Å². The third-order valence-corrected chi connectivity index (χ3v) is 4.20. The highest BCUT2D eigenvalue weighted by atomic mass is 16.5. The van der Waals surface area contributed by atoms with Gasteiger partial charge >= 0.3 is 0 Å². The van der Waals surface area contributed by atoms with Crippen LogP contribution in [0, 0.1) is 0 Å². The first-order valence-corrected chi connectivity index (χ1v) is 8.24. The second-order valence-corrected chi connectivity index (χ2v) is 5.92. The van der Waals surface area contributed by atoms with Gasteiger partial charge in [-0.3, -0.25) is 4.79 Å². The second kappa shape index (κ2) is 7.40. The molecule has 0 aliphatic rings. The smallest absolute Gasteiger partial charge is 0.287 e. The van der Waals surface area contributed by atoms with Gasteiger partial charge in [-0.05, 0) is 37.2 Å². The van der Waals surface area contributed by atoms with E-state index in [9.17, 15) is 4.79 Å². The second-order valence-electron chi connectivity index (χ2n) is 5.92. The number of hydrogen-bond donors (Lipinski definition) is 2. The van der Waals surface area contributed by atoms with E-state index < -0.39 is 0 Å². The predicted molar refractivity (Wildman–Crippen MR) is 97.9 cm³/mol. The lowest BCUT2D eigenvalue weighted by Gasteiger charge is -2.12. The van der Waals surface area contributed by atoms with E-state index in [4.69, 9.17) is 9.15 Å². The van der Waals surface area contributed by atoms with Gasteiger partial charge in [0.2, 0.25) is 0 Å². The third-order valence-electron chi connectivity index (χ3n) is 4.20. The number of carbonyl (C=O) groups excluding carboxylic acids is 1. The lowest BCUT2D eigenvalue weighted by atomic mass is 10.1. The first-order chi connectivity index (χ1) is 12.1. The van der Waals surface area contributed by atoms with Crippen LogP contribution in [0.15, 0.2) is 52.9 Å². The van der Waals surface area contributed by atoms with Gasteiger partial charge in [0, 0.05) is 11.9 Å². The van der Waals surface area contributed by atoms with Gasteiger partial charge in [-0.1, -0.05) is 36.4 Å². The largest absolute Gasteiger partial charge is 0.493 e. The molecule has 0 saturated heterocycles. The Morgan fingerprint density at radius 1 is 1.20 bits per heavy atom. The molecule has 5 nitrogen and oxygen atoms in total. The minimum Gasteiger partial charge on any atom is -0.493 e. The van der Waals surface area contributed by atoms with Crippen LogP contribution in [0.3, 0.4) is 0 Å².